The highest BCUT2D eigenvalue weighted by Crippen LogP contribution is 2.28. The first kappa shape index (κ1) is 14.4. The SMILES string of the molecule is COc1cc(C#N)ccc1OCCCC(C)(C)C. The molecule has 3 heteroatoms. The summed E-state index contributed by atoms with van der Waals surface area (Å²) in [4.78, 5) is 0. The molecule has 0 bridgehead atoms. The molecule has 3 nitrogen and oxygen atoms in total. The summed E-state index contributed by atoms with van der Waals surface area (Å²) in [6.45, 7) is 7.32. The van der Waals surface area contributed by atoms with Crippen LogP contribution in [-0.2, 0) is 0 Å². The van der Waals surface area contributed by atoms with Gasteiger partial charge in [0.1, 0.15) is 0 Å². The van der Waals surface area contributed by atoms with Gasteiger partial charge in [0, 0.05) is 6.07 Å². The molecule has 0 aliphatic carbocycles. The first-order valence-electron chi connectivity index (χ1n) is 6.17. The first-order valence-corrected chi connectivity index (χ1v) is 6.17. The van der Waals surface area contributed by atoms with E-state index < -0.39 is 0 Å². The summed E-state index contributed by atoms with van der Waals surface area (Å²) in [5.74, 6) is 1.32. The Morgan fingerprint density at radius 1 is 1.22 bits per heavy atom. The minimum Gasteiger partial charge on any atom is -0.493 e. The number of rotatable bonds is 5. The van der Waals surface area contributed by atoms with Crippen molar-refractivity contribution in [2.24, 2.45) is 5.41 Å². The summed E-state index contributed by atoms with van der Waals surface area (Å²) in [6.07, 6.45) is 2.12. The smallest absolute Gasteiger partial charge is 0.162 e. The number of methoxy groups -OCH3 is 1. The van der Waals surface area contributed by atoms with Gasteiger partial charge in [0.25, 0.3) is 0 Å². The van der Waals surface area contributed by atoms with Crippen LogP contribution >= 0.6 is 0 Å². The lowest BCUT2D eigenvalue weighted by Gasteiger charge is -2.18. The zero-order valence-electron chi connectivity index (χ0n) is 11.6. The highest BCUT2D eigenvalue weighted by atomic mass is 16.5. The fraction of sp³-hybridized carbons (Fsp3) is 0.533. The molecule has 0 aliphatic rings. The quantitative estimate of drug-likeness (QED) is 0.744. The van der Waals surface area contributed by atoms with Crippen molar-refractivity contribution in [2.75, 3.05) is 13.7 Å². The number of ether oxygens (including phenoxy) is 2. The van der Waals surface area contributed by atoms with Crippen LogP contribution in [0.4, 0.5) is 0 Å². The van der Waals surface area contributed by atoms with E-state index in [-0.39, 0.29) is 0 Å². The van der Waals surface area contributed by atoms with Crippen LogP contribution in [-0.4, -0.2) is 13.7 Å². The third-order valence-corrected chi connectivity index (χ3v) is 2.62. The van der Waals surface area contributed by atoms with E-state index in [0.29, 0.717) is 29.1 Å². The molecular formula is C15H21NO2. The Bertz CT molecular complexity index is 427. The molecule has 0 fully saturated rings. The molecule has 1 aromatic rings. The first-order chi connectivity index (χ1) is 8.46. The zero-order chi connectivity index (χ0) is 13.6. The molecule has 1 rings (SSSR count). The molecule has 0 radical (unpaired) electrons. The van der Waals surface area contributed by atoms with Crippen LogP contribution in [0.3, 0.4) is 0 Å². The molecule has 0 saturated heterocycles. The Hall–Kier alpha value is -1.69. The minimum atomic E-state index is 0.331. The van der Waals surface area contributed by atoms with Crippen LogP contribution < -0.4 is 9.47 Å². The van der Waals surface area contributed by atoms with Gasteiger partial charge in [-0.15, -0.1) is 0 Å². The molecule has 0 aromatic heterocycles. The average molecular weight is 247 g/mol. The molecule has 0 amide bonds. The molecule has 0 N–H and O–H groups in total. The average Bonchev–Trinajstić information content (AvgIpc) is 2.33. The fourth-order valence-electron chi connectivity index (χ4n) is 1.64. The maximum atomic E-state index is 8.81. The van der Waals surface area contributed by atoms with Gasteiger partial charge in [-0.1, -0.05) is 20.8 Å². The normalized spacial score (nSPS) is 10.8. The van der Waals surface area contributed by atoms with E-state index >= 15 is 0 Å². The van der Waals surface area contributed by atoms with Crippen LogP contribution in [0.1, 0.15) is 39.2 Å². The van der Waals surface area contributed by atoms with Crippen LogP contribution in [0.2, 0.25) is 0 Å². The molecule has 1 aromatic carbocycles. The molecule has 98 valence electrons. The monoisotopic (exact) mass is 247 g/mol. The largest absolute Gasteiger partial charge is 0.493 e. The fourth-order valence-corrected chi connectivity index (χ4v) is 1.64. The summed E-state index contributed by atoms with van der Waals surface area (Å²) >= 11 is 0. The summed E-state index contributed by atoms with van der Waals surface area (Å²) in [5, 5.41) is 8.81. The Morgan fingerprint density at radius 3 is 2.50 bits per heavy atom. The van der Waals surface area contributed by atoms with E-state index in [1.807, 2.05) is 0 Å². The van der Waals surface area contributed by atoms with E-state index in [9.17, 15) is 0 Å². The Balaban J connectivity index is 2.55. The van der Waals surface area contributed by atoms with Gasteiger partial charge in [0.15, 0.2) is 11.5 Å². The van der Waals surface area contributed by atoms with E-state index in [4.69, 9.17) is 14.7 Å². The van der Waals surface area contributed by atoms with Gasteiger partial charge < -0.3 is 9.47 Å². The molecule has 0 saturated carbocycles. The van der Waals surface area contributed by atoms with Gasteiger partial charge in [0.2, 0.25) is 0 Å². The van der Waals surface area contributed by atoms with Crippen molar-refractivity contribution >= 4 is 0 Å². The van der Waals surface area contributed by atoms with Crippen molar-refractivity contribution < 1.29 is 9.47 Å². The van der Waals surface area contributed by atoms with Gasteiger partial charge in [-0.3, -0.25) is 0 Å². The lowest BCUT2D eigenvalue weighted by Crippen LogP contribution is -2.08. The van der Waals surface area contributed by atoms with E-state index in [0.717, 1.165) is 12.8 Å². The van der Waals surface area contributed by atoms with Crippen molar-refractivity contribution in [3.8, 4) is 17.6 Å². The summed E-state index contributed by atoms with van der Waals surface area (Å²) in [6, 6.07) is 7.30. The van der Waals surface area contributed by atoms with Crippen molar-refractivity contribution in [1.82, 2.24) is 0 Å². The second kappa shape index (κ2) is 6.30. The standard InChI is InChI=1S/C15H21NO2/c1-15(2,3)8-5-9-18-13-7-6-12(11-16)10-14(13)17-4/h6-7,10H,5,8-9H2,1-4H3. The van der Waals surface area contributed by atoms with Gasteiger partial charge in [-0.25, -0.2) is 0 Å². The Labute approximate surface area is 109 Å². The molecule has 18 heavy (non-hydrogen) atoms. The maximum absolute atomic E-state index is 8.81. The molecule has 0 aliphatic heterocycles. The summed E-state index contributed by atoms with van der Waals surface area (Å²) in [5.41, 5.74) is 0.909. The van der Waals surface area contributed by atoms with E-state index in [1.54, 1.807) is 25.3 Å². The topological polar surface area (TPSA) is 42.2 Å². The second-order valence-corrected chi connectivity index (χ2v) is 5.49. The number of hydrogen-bond donors (Lipinski definition) is 0. The highest BCUT2D eigenvalue weighted by Gasteiger charge is 2.10. The van der Waals surface area contributed by atoms with Crippen molar-refractivity contribution in [1.29, 1.82) is 5.26 Å². The van der Waals surface area contributed by atoms with Crippen molar-refractivity contribution in [3.05, 3.63) is 23.8 Å². The van der Waals surface area contributed by atoms with Gasteiger partial charge in [0.05, 0.1) is 25.3 Å². The minimum absolute atomic E-state index is 0.331. The predicted molar refractivity (Wildman–Crippen MR) is 71.9 cm³/mol. The van der Waals surface area contributed by atoms with Gasteiger partial charge in [-0.05, 0) is 30.4 Å². The van der Waals surface area contributed by atoms with Crippen LogP contribution in [0, 0.1) is 16.7 Å². The third kappa shape index (κ3) is 4.67. The van der Waals surface area contributed by atoms with Crippen LogP contribution in [0.5, 0.6) is 11.5 Å². The van der Waals surface area contributed by atoms with Crippen LogP contribution in [0.15, 0.2) is 18.2 Å². The molecule has 0 atom stereocenters. The van der Waals surface area contributed by atoms with Gasteiger partial charge >= 0.3 is 0 Å². The number of benzene rings is 1. The number of hydrogen-bond acceptors (Lipinski definition) is 3. The summed E-state index contributed by atoms with van der Waals surface area (Å²) in [7, 11) is 1.58. The van der Waals surface area contributed by atoms with Gasteiger partial charge in [-0.2, -0.15) is 5.26 Å². The van der Waals surface area contributed by atoms with Crippen molar-refractivity contribution in [3.63, 3.8) is 0 Å². The van der Waals surface area contributed by atoms with E-state index in [2.05, 4.69) is 26.8 Å². The lowest BCUT2D eigenvalue weighted by atomic mass is 9.91. The molecule has 0 heterocycles. The Morgan fingerprint density at radius 2 is 1.94 bits per heavy atom. The van der Waals surface area contributed by atoms with Crippen LogP contribution in [0.25, 0.3) is 0 Å². The van der Waals surface area contributed by atoms with Crippen molar-refractivity contribution in [2.45, 2.75) is 33.6 Å². The van der Waals surface area contributed by atoms with E-state index in [1.165, 1.54) is 0 Å². The molecule has 0 spiro atoms. The molecule has 0 unspecified atom stereocenters. The molecular weight excluding hydrogens is 226 g/mol. The Kier molecular flexibility index (Phi) is 5.03. The highest BCUT2D eigenvalue weighted by molar-refractivity contribution is 5.46. The lowest BCUT2D eigenvalue weighted by molar-refractivity contribution is 0.258. The number of nitrogens with zero attached hydrogens (tertiary/aromatic N) is 1. The third-order valence-electron chi connectivity index (χ3n) is 2.62. The zero-order valence-corrected chi connectivity index (χ0v) is 11.6. The number of nitriles is 1. The summed E-state index contributed by atoms with van der Waals surface area (Å²) < 4.78 is 10.9. The second-order valence-electron chi connectivity index (χ2n) is 5.49. The predicted octanol–water partition coefficient (Wildman–Crippen LogP) is 3.77. The maximum Gasteiger partial charge on any atom is 0.162 e.